The van der Waals surface area contributed by atoms with Crippen molar-refractivity contribution < 1.29 is 14.6 Å². The summed E-state index contributed by atoms with van der Waals surface area (Å²) >= 11 is 5.93. The highest BCUT2D eigenvalue weighted by Crippen LogP contribution is 2.25. The van der Waals surface area contributed by atoms with E-state index in [2.05, 4.69) is 0 Å². The maximum absolute atomic E-state index is 10.6. The van der Waals surface area contributed by atoms with Crippen LogP contribution in [0.5, 0.6) is 5.75 Å². The van der Waals surface area contributed by atoms with Gasteiger partial charge in [-0.1, -0.05) is 41.4 Å². The summed E-state index contributed by atoms with van der Waals surface area (Å²) in [6, 6.07) is 13.2. The molecule has 108 valence electrons. The van der Waals surface area contributed by atoms with Gasteiger partial charge in [0.2, 0.25) is 0 Å². The van der Waals surface area contributed by atoms with E-state index in [-0.39, 0.29) is 0 Å². The molecular formula is C17H15ClO3. The molecule has 0 heterocycles. The van der Waals surface area contributed by atoms with Gasteiger partial charge in [-0.25, -0.2) is 4.79 Å². The number of carboxylic acids is 1. The predicted molar refractivity (Wildman–Crippen MR) is 83.6 cm³/mol. The molecule has 0 bridgehead atoms. The summed E-state index contributed by atoms with van der Waals surface area (Å²) in [6.07, 6.45) is 2.53. The fourth-order valence-electron chi connectivity index (χ4n) is 1.79. The number of aliphatic carboxylic acids is 1. The van der Waals surface area contributed by atoms with Gasteiger partial charge in [-0.05, 0) is 36.8 Å². The first-order valence-electron chi connectivity index (χ1n) is 6.43. The van der Waals surface area contributed by atoms with Gasteiger partial charge in [0.1, 0.15) is 12.4 Å². The molecule has 2 rings (SSSR count). The Kier molecular flexibility index (Phi) is 5.01. The van der Waals surface area contributed by atoms with E-state index in [1.54, 1.807) is 18.2 Å². The molecule has 3 nitrogen and oxygen atoms in total. The fourth-order valence-corrected chi connectivity index (χ4v) is 1.97. The minimum Gasteiger partial charge on any atom is -0.488 e. The topological polar surface area (TPSA) is 46.5 Å². The monoisotopic (exact) mass is 302 g/mol. The first kappa shape index (κ1) is 15.1. The largest absolute Gasteiger partial charge is 0.488 e. The second-order valence-corrected chi connectivity index (χ2v) is 5.06. The average Bonchev–Trinajstić information content (AvgIpc) is 2.45. The van der Waals surface area contributed by atoms with Crippen LogP contribution in [0.3, 0.4) is 0 Å². The molecule has 0 spiro atoms. The number of rotatable bonds is 5. The summed E-state index contributed by atoms with van der Waals surface area (Å²) in [7, 11) is 0. The van der Waals surface area contributed by atoms with Crippen LogP contribution in [0.4, 0.5) is 0 Å². The normalized spacial score (nSPS) is 10.8. The van der Waals surface area contributed by atoms with Crippen LogP contribution < -0.4 is 4.74 Å². The van der Waals surface area contributed by atoms with Crippen molar-refractivity contribution in [2.75, 3.05) is 0 Å². The zero-order valence-corrected chi connectivity index (χ0v) is 12.3. The van der Waals surface area contributed by atoms with Gasteiger partial charge in [-0.2, -0.15) is 0 Å². The van der Waals surface area contributed by atoms with Crippen molar-refractivity contribution in [3.05, 3.63) is 70.3 Å². The van der Waals surface area contributed by atoms with Crippen molar-refractivity contribution in [2.45, 2.75) is 13.5 Å². The van der Waals surface area contributed by atoms with Crippen molar-refractivity contribution in [3.8, 4) is 5.75 Å². The second-order valence-electron chi connectivity index (χ2n) is 4.63. The Bertz CT molecular complexity index is 660. The fraction of sp³-hybridized carbons (Fsp3) is 0.118. The number of aryl methyl sites for hydroxylation is 1. The molecule has 2 aromatic rings. The highest BCUT2D eigenvalue weighted by Gasteiger charge is 2.04. The first-order chi connectivity index (χ1) is 10.0. The van der Waals surface area contributed by atoms with E-state index in [0.717, 1.165) is 11.6 Å². The Morgan fingerprint density at radius 3 is 2.62 bits per heavy atom. The third-order valence-corrected chi connectivity index (χ3v) is 3.13. The van der Waals surface area contributed by atoms with Crippen LogP contribution in [-0.2, 0) is 11.4 Å². The highest BCUT2D eigenvalue weighted by atomic mass is 35.5. The second kappa shape index (κ2) is 6.95. The van der Waals surface area contributed by atoms with Crippen LogP contribution in [0.15, 0.2) is 48.5 Å². The van der Waals surface area contributed by atoms with Crippen LogP contribution in [0.25, 0.3) is 6.08 Å². The van der Waals surface area contributed by atoms with Gasteiger partial charge in [0.25, 0.3) is 0 Å². The first-order valence-corrected chi connectivity index (χ1v) is 6.81. The molecule has 0 fully saturated rings. The number of ether oxygens (including phenoxy) is 1. The summed E-state index contributed by atoms with van der Waals surface area (Å²) in [6.45, 7) is 2.44. The molecule has 0 atom stereocenters. The Hall–Kier alpha value is -2.26. The Labute approximate surface area is 128 Å². The van der Waals surface area contributed by atoms with Crippen molar-refractivity contribution in [1.82, 2.24) is 0 Å². The number of benzene rings is 2. The predicted octanol–water partition coefficient (Wildman–Crippen LogP) is 4.33. The number of hydrogen-bond acceptors (Lipinski definition) is 2. The van der Waals surface area contributed by atoms with Gasteiger partial charge in [-0.15, -0.1) is 0 Å². The Balaban J connectivity index is 2.15. The zero-order valence-electron chi connectivity index (χ0n) is 11.5. The molecule has 0 radical (unpaired) electrons. The summed E-state index contributed by atoms with van der Waals surface area (Å²) in [5, 5.41) is 9.24. The summed E-state index contributed by atoms with van der Waals surface area (Å²) in [5.74, 6) is -0.420. The van der Waals surface area contributed by atoms with Gasteiger partial charge in [0.15, 0.2) is 0 Å². The highest BCUT2D eigenvalue weighted by molar-refractivity contribution is 6.30. The van der Waals surface area contributed by atoms with Gasteiger partial charge >= 0.3 is 5.97 Å². The van der Waals surface area contributed by atoms with Crippen LogP contribution in [0, 0.1) is 6.92 Å². The van der Waals surface area contributed by atoms with Crippen LogP contribution in [0.2, 0.25) is 5.02 Å². The van der Waals surface area contributed by atoms with E-state index in [4.69, 9.17) is 21.4 Å². The maximum atomic E-state index is 10.6. The molecule has 0 aromatic heterocycles. The van der Waals surface area contributed by atoms with Crippen molar-refractivity contribution in [2.24, 2.45) is 0 Å². The molecule has 0 amide bonds. The van der Waals surface area contributed by atoms with E-state index in [1.165, 1.54) is 11.6 Å². The molecule has 21 heavy (non-hydrogen) atoms. The van der Waals surface area contributed by atoms with E-state index < -0.39 is 5.97 Å². The lowest BCUT2D eigenvalue weighted by Gasteiger charge is -2.10. The van der Waals surface area contributed by atoms with E-state index in [0.29, 0.717) is 22.9 Å². The van der Waals surface area contributed by atoms with Crippen molar-refractivity contribution >= 4 is 23.6 Å². The van der Waals surface area contributed by atoms with Crippen LogP contribution >= 0.6 is 11.6 Å². The van der Waals surface area contributed by atoms with Crippen molar-refractivity contribution in [1.29, 1.82) is 0 Å². The number of carboxylic acid groups (broad SMARTS) is 1. The van der Waals surface area contributed by atoms with E-state index in [9.17, 15) is 4.79 Å². The average molecular weight is 303 g/mol. The molecule has 0 saturated carbocycles. The summed E-state index contributed by atoms with van der Waals surface area (Å²) < 4.78 is 5.75. The van der Waals surface area contributed by atoms with Gasteiger partial charge < -0.3 is 9.84 Å². The number of halogens is 1. The smallest absolute Gasteiger partial charge is 0.328 e. The number of carbonyl (C=O) groups is 1. The molecular weight excluding hydrogens is 288 g/mol. The number of hydrogen-bond donors (Lipinski definition) is 1. The molecule has 0 unspecified atom stereocenters. The summed E-state index contributed by atoms with van der Waals surface area (Å²) in [5.41, 5.74) is 2.87. The minimum atomic E-state index is -1.01. The minimum absolute atomic E-state index is 0.413. The van der Waals surface area contributed by atoms with E-state index in [1.807, 2.05) is 31.2 Å². The summed E-state index contributed by atoms with van der Waals surface area (Å²) in [4.78, 5) is 10.6. The SMILES string of the molecule is Cc1ccc(COc2ccc(Cl)cc2/C=C/C(=O)O)cc1. The Morgan fingerprint density at radius 2 is 1.95 bits per heavy atom. The lowest BCUT2D eigenvalue weighted by molar-refractivity contribution is -0.131. The van der Waals surface area contributed by atoms with Gasteiger partial charge in [0.05, 0.1) is 0 Å². The third-order valence-electron chi connectivity index (χ3n) is 2.89. The van der Waals surface area contributed by atoms with Crippen LogP contribution in [-0.4, -0.2) is 11.1 Å². The van der Waals surface area contributed by atoms with Crippen LogP contribution in [0.1, 0.15) is 16.7 Å². The maximum Gasteiger partial charge on any atom is 0.328 e. The molecule has 2 aromatic carbocycles. The molecule has 0 aliphatic heterocycles. The standard InChI is InChI=1S/C17H15ClO3/c1-12-2-4-13(5-3-12)11-21-16-8-7-15(18)10-14(16)6-9-17(19)20/h2-10H,11H2,1H3,(H,19,20)/b9-6+. The molecule has 0 saturated heterocycles. The quantitative estimate of drug-likeness (QED) is 0.836. The third kappa shape index (κ3) is 4.65. The van der Waals surface area contributed by atoms with Gasteiger partial charge in [-0.3, -0.25) is 0 Å². The molecule has 4 heteroatoms. The van der Waals surface area contributed by atoms with E-state index >= 15 is 0 Å². The molecule has 0 aliphatic rings. The zero-order chi connectivity index (χ0) is 15.2. The lowest BCUT2D eigenvalue weighted by Crippen LogP contribution is -1.97. The lowest BCUT2D eigenvalue weighted by atomic mass is 10.1. The van der Waals surface area contributed by atoms with Gasteiger partial charge in [0, 0.05) is 16.7 Å². The molecule has 0 aliphatic carbocycles. The molecule has 1 N–H and O–H groups in total. The Morgan fingerprint density at radius 1 is 1.24 bits per heavy atom. The van der Waals surface area contributed by atoms with Crippen molar-refractivity contribution in [3.63, 3.8) is 0 Å².